The molecule has 0 saturated carbocycles. The number of rotatable bonds is 9. The highest BCUT2D eigenvalue weighted by Gasteiger charge is 2.49. The molecule has 2 aliphatic rings. The first-order chi connectivity index (χ1) is 12.7. The second-order valence-corrected chi connectivity index (χ2v) is 6.89. The second kappa shape index (κ2) is 9.16. The van der Waals surface area contributed by atoms with E-state index in [0.29, 0.717) is 18.0 Å². The summed E-state index contributed by atoms with van der Waals surface area (Å²) in [6.07, 6.45) is 0.738. The van der Waals surface area contributed by atoms with Crippen LogP contribution in [-0.2, 0) is 29.1 Å². The number of hydrogen-bond acceptors (Lipinski definition) is 8. The molecule has 2 rings (SSSR count). The van der Waals surface area contributed by atoms with Gasteiger partial charge >= 0.3 is 22.5 Å². The lowest BCUT2D eigenvalue weighted by molar-refractivity contribution is -0.139. The van der Waals surface area contributed by atoms with Crippen LogP contribution in [0.15, 0.2) is 0 Å². The lowest BCUT2D eigenvalue weighted by Gasteiger charge is -2.28. The molecule has 2 atom stereocenters. The van der Waals surface area contributed by atoms with Crippen LogP contribution in [0.3, 0.4) is 0 Å². The van der Waals surface area contributed by atoms with Crippen molar-refractivity contribution < 1.29 is 41.2 Å². The van der Waals surface area contributed by atoms with Crippen LogP contribution in [0, 0.1) is 0 Å². The lowest BCUT2D eigenvalue weighted by atomic mass is 10.0. The highest BCUT2D eigenvalue weighted by molar-refractivity contribution is 7.80. The maximum atomic E-state index is 12.2. The molecule has 2 heterocycles. The molecule has 154 valence electrons. The molecular weight excluding hydrogens is 388 g/mol. The van der Waals surface area contributed by atoms with Crippen molar-refractivity contribution >= 4 is 28.4 Å². The van der Waals surface area contributed by atoms with Gasteiger partial charge in [-0.1, -0.05) is 6.92 Å². The maximum Gasteiger partial charge on any atom is 0.418 e. The van der Waals surface area contributed by atoms with Crippen molar-refractivity contribution in [1.82, 2.24) is 20.8 Å². The minimum atomic E-state index is -4.84. The third kappa shape index (κ3) is 5.92. The molecule has 0 aromatic rings. The molecule has 14 heteroatoms. The van der Waals surface area contributed by atoms with E-state index in [-0.39, 0.29) is 26.2 Å². The third-order valence-corrected chi connectivity index (χ3v) is 4.26. The average molecular weight is 410 g/mol. The predicted octanol–water partition coefficient (Wildman–Crippen LogP) is -0.827. The zero-order valence-electron chi connectivity index (χ0n) is 14.6. The van der Waals surface area contributed by atoms with E-state index in [1.807, 2.05) is 6.92 Å². The maximum absolute atomic E-state index is 12.2. The molecule has 0 unspecified atom stereocenters. The van der Waals surface area contributed by atoms with Gasteiger partial charge in [0.25, 0.3) is 5.91 Å². The Morgan fingerprint density at radius 3 is 2.70 bits per heavy atom. The highest BCUT2D eigenvalue weighted by Crippen LogP contribution is 2.30. The first-order valence-corrected chi connectivity index (χ1v) is 9.68. The molecule has 2 aliphatic heterocycles. The van der Waals surface area contributed by atoms with Gasteiger partial charge < -0.3 is 15.0 Å². The Hall–Kier alpha value is -2.16. The SMILES string of the molecule is CCCNC(=O)OCCONC(=O)[C@@H]1CC[C@@H]2CN1C(=O)N2OS(=O)(=O)O. The van der Waals surface area contributed by atoms with Crippen molar-refractivity contribution in [3.05, 3.63) is 0 Å². The van der Waals surface area contributed by atoms with Crippen molar-refractivity contribution in [3.63, 3.8) is 0 Å². The van der Waals surface area contributed by atoms with Gasteiger partial charge in [0.05, 0.1) is 6.04 Å². The van der Waals surface area contributed by atoms with Gasteiger partial charge in [-0.25, -0.2) is 15.1 Å². The Morgan fingerprint density at radius 1 is 1.30 bits per heavy atom. The van der Waals surface area contributed by atoms with Crippen LogP contribution in [-0.4, -0.2) is 79.4 Å². The largest absolute Gasteiger partial charge is 0.447 e. The van der Waals surface area contributed by atoms with Crippen molar-refractivity contribution in [3.8, 4) is 0 Å². The summed E-state index contributed by atoms with van der Waals surface area (Å²) in [5, 5.41) is 3.05. The van der Waals surface area contributed by atoms with Gasteiger partial charge in [0.15, 0.2) is 0 Å². The first-order valence-electron chi connectivity index (χ1n) is 8.32. The fourth-order valence-corrected chi connectivity index (χ4v) is 3.14. The second-order valence-electron chi connectivity index (χ2n) is 5.89. The summed E-state index contributed by atoms with van der Waals surface area (Å²) in [7, 11) is -4.84. The Balaban J connectivity index is 1.75. The van der Waals surface area contributed by atoms with Crippen LogP contribution in [0.4, 0.5) is 9.59 Å². The molecule has 0 spiro atoms. The zero-order valence-corrected chi connectivity index (χ0v) is 15.4. The van der Waals surface area contributed by atoms with Crippen molar-refractivity contribution in [2.75, 3.05) is 26.3 Å². The minimum absolute atomic E-state index is 0.0765. The van der Waals surface area contributed by atoms with Gasteiger partial charge in [-0.05, 0) is 19.3 Å². The zero-order chi connectivity index (χ0) is 20.0. The Bertz CT molecular complexity index is 671. The number of piperidine rings is 1. The summed E-state index contributed by atoms with van der Waals surface area (Å²) in [6, 6.07) is -2.30. The number of nitrogens with zero attached hydrogens (tertiary/aromatic N) is 2. The molecule has 0 aromatic heterocycles. The molecule has 2 bridgehead atoms. The van der Waals surface area contributed by atoms with Crippen LogP contribution < -0.4 is 10.8 Å². The molecule has 0 radical (unpaired) electrons. The number of nitrogens with one attached hydrogen (secondary N) is 2. The summed E-state index contributed by atoms with van der Waals surface area (Å²) in [5.74, 6) is -0.606. The number of hydrogen-bond donors (Lipinski definition) is 3. The van der Waals surface area contributed by atoms with Crippen LogP contribution in [0.5, 0.6) is 0 Å². The standard InChI is InChI=1S/C13H22N4O9S/c1-2-5-14-12(19)24-6-7-25-15-11(18)10-4-3-9-8-16(10)13(20)17(9)26-27(21,22)23/h9-10H,2-8H2,1H3,(H,14,19)(H,15,18)(H,21,22,23)/t9-,10+/m1/s1. The summed E-state index contributed by atoms with van der Waals surface area (Å²) >= 11 is 0. The summed E-state index contributed by atoms with van der Waals surface area (Å²) in [4.78, 5) is 41.6. The van der Waals surface area contributed by atoms with Crippen LogP contribution >= 0.6 is 0 Å². The molecule has 0 aromatic carbocycles. The van der Waals surface area contributed by atoms with Crippen LogP contribution in [0.25, 0.3) is 0 Å². The Morgan fingerprint density at radius 2 is 2.04 bits per heavy atom. The van der Waals surface area contributed by atoms with Gasteiger partial charge in [-0.3, -0.25) is 14.2 Å². The van der Waals surface area contributed by atoms with E-state index < -0.39 is 40.5 Å². The number of fused-ring (bicyclic) bond motifs is 2. The fourth-order valence-electron chi connectivity index (χ4n) is 2.75. The monoisotopic (exact) mass is 410 g/mol. The fraction of sp³-hybridized carbons (Fsp3) is 0.769. The molecular formula is C13H22N4O9S. The highest BCUT2D eigenvalue weighted by atomic mass is 32.3. The van der Waals surface area contributed by atoms with E-state index in [2.05, 4.69) is 15.1 Å². The number of carbonyl (C=O) groups is 3. The van der Waals surface area contributed by atoms with Crippen LogP contribution in [0.1, 0.15) is 26.2 Å². The lowest BCUT2D eigenvalue weighted by Crippen LogP contribution is -2.49. The van der Waals surface area contributed by atoms with E-state index in [0.717, 1.165) is 11.3 Å². The number of urea groups is 1. The number of carbonyl (C=O) groups excluding carboxylic acids is 3. The topological polar surface area (TPSA) is 164 Å². The average Bonchev–Trinajstić information content (AvgIpc) is 2.83. The molecule has 27 heavy (non-hydrogen) atoms. The van der Waals surface area contributed by atoms with Gasteiger partial charge in [0.1, 0.15) is 19.3 Å². The number of hydroxylamine groups is 3. The molecule has 13 nitrogen and oxygen atoms in total. The van der Waals surface area contributed by atoms with E-state index >= 15 is 0 Å². The molecule has 2 saturated heterocycles. The van der Waals surface area contributed by atoms with E-state index in [4.69, 9.17) is 14.1 Å². The summed E-state index contributed by atoms with van der Waals surface area (Å²) in [5.41, 5.74) is 2.16. The predicted molar refractivity (Wildman–Crippen MR) is 87.1 cm³/mol. The third-order valence-electron chi connectivity index (χ3n) is 3.91. The van der Waals surface area contributed by atoms with E-state index in [1.165, 1.54) is 0 Å². The number of alkyl carbamates (subject to hydrolysis) is 1. The van der Waals surface area contributed by atoms with Gasteiger partial charge in [-0.15, -0.1) is 4.28 Å². The van der Waals surface area contributed by atoms with E-state index in [1.54, 1.807) is 0 Å². The normalized spacial score (nSPS) is 21.9. The number of ether oxygens (including phenoxy) is 1. The minimum Gasteiger partial charge on any atom is -0.447 e. The Labute approximate surface area is 155 Å². The summed E-state index contributed by atoms with van der Waals surface area (Å²) in [6.45, 7) is 2.29. The van der Waals surface area contributed by atoms with Gasteiger partial charge in [-0.2, -0.15) is 13.5 Å². The van der Waals surface area contributed by atoms with Crippen molar-refractivity contribution in [2.24, 2.45) is 0 Å². The van der Waals surface area contributed by atoms with Crippen molar-refractivity contribution in [2.45, 2.75) is 38.3 Å². The molecule has 4 amide bonds. The Kier molecular flexibility index (Phi) is 7.18. The first kappa shape index (κ1) is 21.1. The van der Waals surface area contributed by atoms with Crippen molar-refractivity contribution in [1.29, 1.82) is 0 Å². The van der Waals surface area contributed by atoms with Gasteiger partial charge in [0.2, 0.25) is 0 Å². The van der Waals surface area contributed by atoms with Gasteiger partial charge in [0, 0.05) is 13.1 Å². The smallest absolute Gasteiger partial charge is 0.418 e. The van der Waals surface area contributed by atoms with Crippen LogP contribution in [0.2, 0.25) is 0 Å². The van der Waals surface area contributed by atoms with E-state index in [9.17, 15) is 22.8 Å². The quantitative estimate of drug-likeness (QED) is 0.250. The number of amides is 4. The molecule has 3 N–H and O–H groups in total. The summed E-state index contributed by atoms with van der Waals surface area (Å²) < 4.78 is 39.5. The molecule has 2 fully saturated rings. The molecule has 0 aliphatic carbocycles.